The molecule has 2 aliphatic heterocycles. The van der Waals surface area contributed by atoms with Gasteiger partial charge in [-0.25, -0.2) is 9.78 Å². The molecule has 2 N–H and O–H groups in total. The Morgan fingerprint density at radius 1 is 1.09 bits per heavy atom. The number of amides is 3. The molecular weight excluding hydrogens is 432 g/mol. The number of pyridine rings is 1. The maximum absolute atomic E-state index is 12.9. The Labute approximate surface area is 195 Å². The van der Waals surface area contributed by atoms with Gasteiger partial charge in [-0.3, -0.25) is 14.5 Å². The van der Waals surface area contributed by atoms with Crippen LogP contribution in [0.25, 0.3) is 0 Å². The summed E-state index contributed by atoms with van der Waals surface area (Å²) in [6.07, 6.45) is 1.94. The molecule has 1 aromatic heterocycles. The monoisotopic (exact) mass is 454 g/mol. The van der Waals surface area contributed by atoms with Crippen LogP contribution < -0.4 is 10.6 Å². The van der Waals surface area contributed by atoms with Crippen LogP contribution >= 0.6 is 0 Å². The molecule has 34 heavy (non-hydrogen) atoms. The molecule has 3 aromatic rings. The molecule has 2 unspecified atom stereocenters. The van der Waals surface area contributed by atoms with Crippen LogP contribution in [0.15, 0.2) is 66.9 Å². The zero-order valence-corrected chi connectivity index (χ0v) is 18.3. The van der Waals surface area contributed by atoms with Crippen LogP contribution in [0.4, 0.5) is 16.3 Å². The quantitative estimate of drug-likeness (QED) is 0.631. The summed E-state index contributed by atoms with van der Waals surface area (Å²) in [5.74, 6) is 0.287. The molecule has 170 valence electrons. The molecule has 1 aliphatic carbocycles. The van der Waals surface area contributed by atoms with Crippen molar-refractivity contribution in [3.63, 3.8) is 0 Å². The average Bonchev–Trinajstić information content (AvgIpc) is 3.48. The topological polar surface area (TPSA) is 101 Å². The molecule has 3 amide bonds. The molecule has 1 spiro atoms. The zero-order valence-electron chi connectivity index (χ0n) is 18.3. The van der Waals surface area contributed by atoms with Gasteiger partial charge in [0.05, 0.1) is 12.0 Å². The van der Waals surface area contributed by atoms with Crippen molar-refractivity contribution in [1.82, 2.24) is 9.88 Å². The van der Waals surface area contributed by atoms with Gasteiger partial charge in [0.15, 0.2) is 0 Å². The van der Waals surface area contributed by atoms with Gasteiger partial charge in [0, 0.05) is 17.4 Å². The van der Waals surface area contributed by atoms with E-state index in [9.17, 15) is 14.4 Å². The van der Waals surface area contributed by atoms with Gasteiger partial charge < -0.3 is 15.4 Å². The summed E-state index contributed by atoms with van der Waals surface area (Å²) >= 11 is 0. The van der Waals surface area contributed by atoms with Crippen LogP contribution in [0, 0.1) is 0 Å². The molecule has 3 aliphatic rings. The fourth-order valence-corrected chi connectivity index (χ4v) is 5.20. The number of cyclic esters (lactones) is 1. The van der Waals surface area contributed by atoms with Gasteiger partial charge in [0.2, 0.25) is 11.8 Å². The number of benzene rings is 2. The van der Waals surface area contributed by atoms with Gasteiger partial charge in [-0.1, -0.05) is 42.5 Å². The highest BCUT2D eigenvalue weighted by atomic mass is 16.6. The number of nitrogens with zero attached hydrogens (tertiary/aromatic N) is 2. The van der Waals surface area contributed by atoms with Gasteiger partial charge >= 0.3 is 6.09 Å². The van der Waals surface area contributed by atoms with E-state index in [-0.39, 0.29) is 24.5 Å². The van der Waals surface area contributed by atoms with Crippen LogP contribution in [0.2, 0.25) is 0 Å². The zero-order chi connectivity index (χ0) is 23.3. The molecule has 3 heterocycles. The van der Waals surface area contributed by atoms with E-state index in [1.54, 1.807) is 6.20 Å². The molecule has 0 saturated carbocycles. The first kappa shape index (κ1) is 20.4. The lowest BCUT2D eigenvalue weighted by molar-refractivity contribution is -0.120. The molecule has 6 rings (SSSR count). The van der Waals surface area contributed by atoms with Crippen LogP contribution in [-0.4, -0.2) is 40.9 Å². The van der Waals surface area contributed by atoms with Crippen molar-refractivity contribution < 1.29 is 19.1 Å². The number of rotatable bonds is 4. The van der Waals surface area contributed by atoms with Crippen LogP contribution in [0.5, 0.6) is 0 Å². The van der Waals surface area contributed by atoms with Gasteiger partial charge in [-0.05, 0) is 47.7 Å². The second kappa shape index (κ2) is 7.69. The van der Waals surface area contributed by atoms with Crippen molar-refractivity contribution in [2.24, 2.45) is 0 Å². The van der Waals surface area contributed by atoms with E-state index in [2.05, 4.69) is 15.6 Å². The maximum atomic E-state index is 12.9. The smallest absolute Gasteiger partial charge is 0.411 e. The third-order valence-electron chi connectivity index (χ3n) is 6.86. The van der Waals surface area contributed by atoms with Crippen molar-refractivity contribution in [1.29, 1.82) is 0 Å². The highest BCUT2D eigenvalue weighted by molar-refractivity contribution is 6.06. The summed E-state index contributed by atoms with van der Waals surface area (Å²) < 4.78 is 5.43. The molecule has 0 radical (unpaired) electrons. The van der Waals surface area contributed by atoms with E-state index in [4.69, 9.17) is 4.74 Å². The normalized spacial score (nSPS) is 22.4. The van der Waals surface area contributed by atoms with Crippen molar-refractivity contribution in [2.75, 3.05) is 23.7 Å². The molecule has 8 nitrogen and oxygen atoms in total. The van der Waals surface area contributed by atoms with Crippen LogP contribution in [-0.2, 0) is 32.6 Å². The van der Waals surface area contributed by atoms with Crippen molar-refractivity contribution >= 4 is 29.4 Å². The van der Waals surface area contributed by atoms with Crippen molar-refractivity contribution in [3.05, 3.63) is 89.1 Å². The van der Waals surface area contributed by atoms with Gasteiger partial charge in [-0.15, -0.1) is 0 Å². The van der Waals surface area contributed by atoms with Crippen LogP contribution in [0.1, 0.15) is 28.4 Å². The average molecular weight is 454 g/mol. The minimum Gasteiger partial charge on any atom is -0.439 e. The molecule has 0 bridgehead atoms. The molecule has 2 aromatic carbocycles. The number of ether oxygens (including phenoxy) is 1. The molecule has 1 saturated heterocycles. The molecule has 1 fully saturated rings. The Morgan fingerprint density at radius 2 is 1.91 bits per heavy atom. The predicted octanol–water partition coefficient (Wildman–Crippen LogP) is 3.20. The number of aromatic nitrogens is 1. The van der Waals surface area contributed by atoms with E-state index < -0.39 is 11.5 Å². The maximum Gasteiger partial charge on any atom is 0.411 e. The van der Waals surface area contributed by atoms with Gasteiger partial charge in [0.25, 0.3) is 0 Å². The van der Waals surface area contributed by atoms with Crippen LogP contribution in [0.3, 0.4) is 0 Å². The first-order valence-electron chi connectivity index (χ1n) is 11.2. The minimum atomic E-state index is -0.652. The standard InChI is InChI=1S/C26H22N4O4/c31-22(15-30-14-21(34-25(30)33)16-5-2-1-3-6-16)28-19-9-8-17-12-26(13-18(17)11-19)20-7-4-10-27-23(20)29-24(26)32/h1-11,21H,12-15H2,(H,28,31)(H,27,29,32). The third-order valence-corrected chi connectivity index (χ3v) is 6.86. The molecule has 2 atom stereocenters. The highest BCUT2D eigenvalue weighted by Gasteiger charge is 2.51. The second-order valence-electron chi connectivity index (χ2n) is 8.98. The van der Waals surface area contributed by atoms with E-state index in [1.807, 2.05) is 60.7 Å². The predicted molar refractivity (Wildman–Crippen MR) is 124 cm³/mol. The molecular formula is C26H22N4O4. The van der Waals surface area contributed by atoms with Crippen molar-refractivity contribution in [3.8, 4) is 0 Å². The van der Waals surface area contributed by atoms with E-state index in [0.29, 0.717) is 30.9 Å². The fraction of sp³-hybridized carbons (Fsp3) is 0.231. The fourth-order valence-electron chi connectivity index (χ4n) is 5.20. The molecule has 8 heteroatoms. The Hall–Kier alpha value is -4.20. The third kappa shape index (κ3) is 3.30. The Bertz CT molecular complexity index is 1330. The minimum absolute atomic E-state index is 0.0384. The Kier molecular flexibility index (Phi) is 4.62. The first-order valence-corrected chi connectivity index (χ1v) is 11.2. The first-order chi connectivity index (χ1) is 16.5. The lowest BCUT2D eigenvalue weighted by Gasteiger charge is -2.20. The van der Waals surface area contributed by atoms with Crippen molar-refractivity contribution in [2.45, 2.75) is 24.4 Å². The van der Waals surface area contributed by atoms with Gasteiger partial charge in [-0.2, -0.15) is 0 Å². The summed E-state index contributed by atoms with van der Waals surface area (Å²) in [6.45, 7) is 0.232. The Balaban J connectivity index is 1.14. The number of hydrogen-bond donors (Lipinski definition) is 2. The SMILES string of the molecule is O=C(CN1CC(c2ccccc2)OC1=O)Nc1ccc2c(c1)CC1(C2)C(=O)Nc2ncccc21. The highest BCUT2D eigenvalue weighted by Crippen LogP contribution is 2.46. The number of carbonyl (C=O) groups is 3. The summed E-state index contributed by atoms with van der Waals surface area (Å²) in [4.78, 5) is 43.5. The van der Waals surface area contributed by atoms with E-state index in [1.165, 1.54) is 4.90 Å². The Morgan fingerprint density at radius 3 is 2.76 bits per heavy atom. The number of hydrogen-bond acceptors (Lipinski definition) is 5. The van der Waals surface area contributed by atoms with E-state index >= 15 is 0 Å². The number of anilines is 2. The number of fused-ring (bicyclic) bond motifs is 3. The largest absolute Gasteiger partial charge is 0.439 e. The summed E-state index contributed by atoms with van der Waals surface area (Å²) in [5.41, 5.74) is 3.91. The lowest BCUT2D eigenvalue weighted by Crippen LogP contribution is -2.35. The number of carbonyl (C=O) groups excluding carboxylic acids is 3. The lowest BCUT2D eigenvalue weighted by atomic mass is 9.79. The second-order valence-corrected chi connectivity index (χ2v) is 8.98. The summed E-state index contributed by atoms with van der Waals surface area (Å²) in [5, 5.41) is 5.78. The summed E-state index contributed by atoms with van der Waals surface area (Å²) in [7, 11) is 0. The summed E-state index contributed by atoms with van der Waals surface area (Å²) in [6, 6.07) is 19.0. The van der Waals surface area contributed by atoms with Gasteiger partial charge in [0.1, 0.15) is 18.5 Å². The number of nitrogens with one attached hydrogen (secondary N) is 2. The van der Waals surface area contributed by atoms with E-state index in [0.717, 1.165) is 22.3 Å².